The summed E-state index contributed by atoms with van der Waals surface area (Å²) in [5.74, 6) is 1.72. The first kappa shape index (κ1) is 10.5. The molecule has 1 heterocycles. The third-order valence-electron chi connectivity index (χ3n) is 3.52. The molecule has 1 aliphatic rings. The molecular formula is C13H19NO. The first-order chi connectivity index (χ1) is 7.15. The summed E-state index contributed by atoms with van der Waals surface area (Å²) in [6.07, 6.45) is 0. The molecule has 0 radical (unpaired) electrons. The van der Waals surface area contributed by atoms with Crippen LogP contribution < -0.4 is 10.1 Å². The fraction of sp³-hybridized carbons (Fsp3) is 0.538. The van der Waals surface area contributed by atoms with E-state index >= 15 is 0 Å². The van der Waals surface area contributed by atoms with E-state index in [9.17, 15) is 0 Å². The first-order valence-corrected chi connectivity index (χ1v) is 5.50. The lowest BCUT2D eigenvalue weighted by atomic mass is 9.85. The molecule has 0 amide bonds. The monoisotopic (exact) mass is 205 g/mol. The molecule has 15 heavy (non-hydrogen) atoms. The summed E-state index contributed by atoms with van der Waals surface area (Å²) >= 11 is 0. The number of aryl methyl sites for hydroxylation is 1. The molecule has 1 aromatic carbocycles. The van der Waals surface area contributed by atoms with Gasteiger partial charge in [0.1, 0.15) is 5.75 Å². The minimum atomic E-state index is 0.703. The fourth-order valence-corrected chi connectivity index (χ4v) is 2.40. The number of nitrogens with one attached hydrogen (secondary N) is 1. The van der Waals surface area contributed by atoms with Gasteiger partial charge in [0.25, 0.3) is 0 Å². The Balaban J connectivity index is 2.50. The highest BCUT2D eigenvalue weighted by molar-refractivity contribution is 5.50. The lowest BCUT2D eigenvalue weighted by Crippen LogP contribution is -2.40. The highest BCUT2D eigenvalue weighted by atomic mass is 16.5. The van der Waals surface area contributed by atoms with Crippen LogP contribution in [-0.4, -0.2) is 20.2 Å². The topological polar surface area (TPSA) is 21.3 Å². The lowest BCUT2D eigenvalue weighted by molar-refractivity contribution is 0.408. The smallest absolute Gasteiger partial charge is 0.122 e. The Bertz CT molecular complexity index is 381. The molecule has 0 atom stereocenters. The van der Waals surface area contributed by atoms with Gasteiger partial charge in [0.15, 0.2) is 0 Å². The predicted octanol–water partition coefficient (Wildman–Crippen LogP) is 2.31. The molecular weight excluding hydrogens is 186 g/mol. The zero-order chi connectivity index (χ0) is 11.0. The molecule has 2 nitrogen and oxygen atoms in total. The molecule has 1 fully saturated rings. The SMILES string of the molecule is COc1cc(C)c(C2CNC2)c(C)c1C. The van der Waals surface area contributed by atoms with Crippen LogP contribution in [-0.2, 0) is 0 Å². The maximum Gasteiger partial charge on any atom is 0.122 e. The molecule has 1 aliphatic heterocycles. The minimum Gasteiger partial charge on any atom is -0.496 e. The Morgan fingerprint density at radius 1 is 1.20 bits per heavy atom. The van der Waals surface area contributed by atoms with Gasteiger partial charge in [-0.1, -0.05) is 0 Å². The van der Waals surface area contributed by atoms with E-state index in [-0.39, 0.29) is 0 Å². The molecule has 0 bridgehead atoms. The van der Waals surface area contributed by atoms with Crippen LogP contribution in [0.4, 0.5) is 0 Å². The van der Waals surface area contributed by atoms with Crippen LogP contribution in [0.5, 0.6) is 5.75 Å². The maximum atomic E-state index is 5.38. The van der Waals surface area contributed by atoms with Crippen molar-refractivity contribution in [2.45, 2.75) is 26.7 Å². The van der Waals surface area contributed by atoms with Crippen molar-refractivity contribution >= 4 is 0 Å². The summed E-state index contributed by atoms with van der Waals surface area (Å²) in [4.78, 5) is 0. The van der Waals surface area contributed by atoms with Gasteiger partial charge in [0.05, 0.1) is 7.11 Å². The zero-order valence-electron chi connectivity index (χ0n) is 9.98. The van der Waals surface area contributed by atoms with Crippen LogP contribution in [0.15, 0.2) is 6.07 Å². The zero-order valence-corrected chi connectivity index (χ0v) is 9.98. The van der Waals surface area contributed by atoms with Crippen LogP contribution >= 0.6 is 0 Å². The number of hydrogen-bond donors (Lipinski definition) is 1. The predicted molar refractivity (Wildman–Crippen MR) is 62.8 cm³/mol. The molecule has 1 N–H and O–H groups in total. The highest BCUT2D eigenvalue weighted by Gasteiger charge is 2.24. The average Bonchev–Trinajstić information content (AvgIpc) is 2.15. The summed E-state index contributed by atoms with van der Waals surface area (Å²) in [5.41, 5.74) is 5.57. The van der Waals surface area contributed by atoms with E-state index < -0.39 is 0 Å². The van der Waals surface area contributed by atoms with Gasteiger partial charge in [0.2, 0.25) is 0 Å². The number of methoxy groups -OCH3 is 1. The Kier molecular flexibility index (Phi) is 2.70. The van der Waals surface area contributed by atoms with Crippen LogP contribution in [0, 0.1) is 20.8 Å². The number of benzene rings is 1. The van der Waals surface area contributed by atoms with Crippen LogP contribution in [0.2, 0.25) is 0 Å². The van der Waals surface area contributed by atoms with Crippen molar-refractivity contribution in [2.24, 2.45) is 0 Å². The summed E-state index contributed by atoms with van der Waals surface area (Å²) in [7, 11) is 1.74. The first-order valence-electron chi connectivity index (χ1n) is 5.50. The molecule has 82 valence electrons. The molecule has 0 spiro atoms. The van der Waals surface area contributed by atoms with Crippen molar-refractivity contribution in [3.05, 3.63) is 28.3 Å². The summed E-state index contributed by atoms with van der Waals surface area (Å²) < 4.78 is 5.38. The maximum absolute atomic E-state index is 5.38. The van der Waals surface area contributed by atoms with Crippen molar-refractivity contribution < 1.29 is 4.74 Å². The molecule has 2 rings (SSSR count). The molecule has 0 saturated carbocycles. The van der Waals surface area contributed by atoms with E-state index in [0.29, 0.717) is 5.92 Å². The van der Waals surface area contributed by atoms with Crippen LogP contribution in [0.3, 0.4) is 0 Å². The number of hydrogen-bond acceptors (Lipinski definition) is 2. The van der Waals surface area contributed by atoms with Crippen LogP contribution in [0.1, 0.15) is 28.2 Å². The summed E-state index contributed by atoms with van der Waals surface area (Å²) in [6.45, 7) is 8.77. The normalized spacial score (nSPS) is 16.3. The second-order valence-electron chi connectivity index (χ2n) is 4.41. The van der Waals surface area contributed by atoms with E-state index in [4.69, 9.17) is 4.74 Å². The van der Waals surface area contributed by atoms with Gasteiger partial charge >= 0.3 is 0 Å². The number of ether oxygens (including phenoxy) is 1. The second kappa shape index (κ2) is 3.86. The summed E-state index contributed by atoms with van der Waals surface area (Å²) in [6, 6.07) is 2.16. The standard InChI is InChI=1S/C13H19NO/c1-8-5-12(15-4)9(2)10(3)13(8)11-6-14-7-11/h5,11,14H,6-7H2,1-4H3. The van der Waals surface area contributed by atoms with E-state index in [0.717, 1.165) is 18.8 Å². The third kappa shape index (κ3) is 1.63. The van der Waals surface area contributed by atoms with Gasteiger partial charge < -0.3 is 10.1 Å². The number of rotatable bonds is 2. The highest BCUT2D eigenvalue weighted by Crippen LogP contribution is 2.33. The van der Waals surface area contributed by atoms with Crippen molar-refractivity contribution in [1.82, 2.24) is 5.32 Å². The largest absolute Gasteiger partial charge is 0.496 e. The van der Waals surface area contributed by atoms with Gasteiger partial charge in [-0.2, -0.15) is 0 Å². The Labute approximate surface area is 91.6 Å². The molecule has 1 aromatic rings. The molecule has 0 aromatic heterocycles. The van der Waals surface area contributed by atoms with Gasteiger partial charge in [-0.25, -0.2) is 0 Å². The van der Waals surface area contributed by atoms with Crippen LogP contribution in [0.25, 0.3) is 0 Å². The van der Waals surface area contributed by atoms with E-state index in [1.165, 1.54) is 22.3 Å². The van der Waals surface area contributed by atoms with Crippen molar-refractivity contribution in [3.8, 4) is 5.75 Å². The van der Waals surface area contributed by atoms with Crippen molar-refractivity contribution in [3.63, 3.8) is 0 Å². The van der Waals surface area contributed by atoms with Gasteiger partial charge in [-0.15, -0.1) is 0 Å². The minimum absolute atomic E-state index is 0.703. The second-order valence-corrected chi connectivity index (χ2v) is 4.41. The third-order valence-corrected chi connectivity index (χ3v) is 3.52. The quantitative estimate of drug-likeness (QED) is 0.800. The average molecular weight is 205 g/mol. The van der Waals surface area contributed by atoms with Crippen molar-refractivity contribution in [1.29, 1.82) is 0 Å². The lowest BCUT2D eigenvalue weighted by Gasteiger charge is -2.31. The summed E-state index contributed by atoms with van der Waals surface area (Å²) in [5, 5.41) is 3.33. The van der Waals surface area contributed by atoms with E-state index in [1.54, 1.807) is 7.11 Å². The van der Waals surface area contributed by atoms with E-state index in [2.05, 4.69) is 32.2 Å². The fourth-order valence-electron chi connectivity index (χ4n) is 2.40. The van der Waals surface area contributed by atoms with Gasteiger partial charge in [-0.05, 0) is 49.1 Å². The Morgan fingerprint density at radius 2 is 1.87 bits per heavy atom. The van der Waals surface area contributed by atoms with E-state index in [1.807, 2.05) is 0 Å². The van der Waals surface area contributed by atoms with Gasteiger partial charge in [-0.3, -0.25) is 0 Å². The molecule has 0 unspecified atom stereocenters. The molecule has 0 aliphatic carbocycles. The van der Waals surface area contributed by atoms with Gasteiger partial charge in [0, 0.05) is 19.0 Å². The Hall–Kier alpha value is -1.02. The van der Waals surface area contributed by atoms with Crippen molar-refractivity contribution in [2.75, 3.05) is 20.2 Å². The molecule has 1 saturated heterocycles. The Morgan fingerprint density at radius 3 is 2.33 bits per heavy atom. The molecule has 2 heteroatoms.